The molecule has 4 heteroatoms. The normalized spacial score (nSPS) is 10.7. The molecule has 0 fully saturated rings. The first kappa shape index (κ1) is 11.1. The van der Waals surface area contributed by atoms with Crippen LogP contribution in [0.1, 0.15) is 5.56 Å². The molecule has 2 rings (SSSR count). The molecule has 0 amide bonds. The average molecular weight is 234 g/mol. The maximum Gasteiger partial charge on any atom is 0.266 e. The fraction of sp³-hybridized carbons (Fsp3) is 0.250. The van der Waals surface area contributed by atoms with Crippen molar-refractivity contribution in [2.24, 2.45) is 7.05 Å². The van der Waals surface area contributed by atoms with Crippen LogP contribution in [0.25, 0.3) is 11.3 Å². The number of benzene rings is 1. The van der Waals surface area contributed by atoms with Crippen molar-refractivity contribution in [3.05, 3.63) is 40.2 Å². The highest BCUT2D eigenvalue weighted by atomic mass is 32.2. The quantitative estimate of drug-likeness (QED) is 0.810. The van der Waals surface area contributed by atoms with E-state index in [9.17, 15) is 4.79 Å². The Balaban J connectivity index is 2.49. The van der Waals surface area contributed by atoms with E-state index in [1.165, 1.54) is 15.1 Å². The van der Waals surface area contributed by atoms with Gasteiger partial charge in [-0.2, -0.15) is 0 Å². The molecule has 1 heterocycles. The van der Waals surface area contributed by atoms with Crippen LogP contribution >= 0.6 is 11.8 Å². The van der Waals surface area contributed by atoms with Crippen molar-refractivity contribution in [3.63, 3.8) is 0 Å². The lowest BCUT2D eigenvalue weighted by Crippen LogP contribution is -2.09. The van der Waals surface area contributed by atoms with Gasteiger partial charge in [-0.15, -0.1) is 11.8 Å². The summed E-state index contributed by atoms with van der Waals surface area (Å²) in [5, 5.41) is 3.02. The molecule has 0 atom stereocenters. The maximum absolute atomic E-state index is 11.3. The van der Waals surface area contributed by atoms with Crippen molar-refractivity contribution in [3.8, 4) is 11.3 Å². The van der Waals surface area contributed by atoms with E-state index >= 15 is 0 Å². The second-order valence-electron chi connectivity index (χ2n) is 3.75. The van der Waals surface area contributed by atoms with Gasteiger partial charge in [0.2, 0.25) is 0 Å². The fourth-order valence-electron chi connectivity index (χ4n) is 1.68. The number of rotatable bonds is 2. The zero-order valence-corrected chi connectivity index (χ0v) is 10.4. The van der Waals surface area contributed by atoms with Gasteiger partial charge in [0, 0.05) is 18.0 Å². The number of aromatic nitrogens is 2. The third-order valence-corrected chi connectivity index (χ3v) is 3.49. The third kappa shape index (κ3) is 1.93. The highest BCUT2D eigenvalue weighted by molar-refractivity contribution is 7.98. The van der Waals surface area contributed by atoms with E-state index in [0.717, 1.165) is 11.3 Å². The number of H-pyrrole nitrogens is 1. The predicted octanol–water partition coefficient (Wildman–Crippen LogP) is 2.41. The number of aromatic amines is 1. The molecule has 0 saturated heterocycles. The fourth-order valence-corrected chi connectivity index (χ4v) is 2.27. The van der Waals surface area contributed by atoms with Gasteiger partial charge in [0.05, 0.1) is 5.69 Å². The van der Waals surface area contributed by atoms with Gasteiger partial charge >= 0.3 is 0 Å². The molecule has 0 aliphatic rings. The van der Waals surface area contributed by atoms with E-state index in [4.69, 9.17) is 0 Å². The van der Waals surface area contributed by atoms with Gasteiger partial charge < -0.3 is 0 Å². The summed E-state index contributed by atoms with van der Waals surface area (Å²) >= 11 is 1.73. The average Bonchev–Trinajstić information content (AvgIpc) is 2.59. The van der Waals surface area contributed by atoms with Crippen molar-refractivity contribution >= 4 is 11.8 Å². The number of nitrogens with zero attached hydrogens (tertiary/aromatic N) is 1. The Morgan fingerprint density at radius 3 is 2.56 bits per heavy atom. The van der Waals surface area contributed by atoms with Crippen molar-refractivity contribution in [1.82, 2.24) is 9.78 Å². The lowest BCUT2D eigenvalue weighted by Gasteiger charge is -2.04. The summed E-state index contributed by atoms with van der Waals surface area (Å²) in [4.78, 5) is 12.6. The Hall–Kier alpha value is -1.42. The van der Waals surface area contributed by atoms with Gasteiger partial charge in [-0.25, -0.2) is 0 Å². The molecule has 0 saturated carbocycles. The minimum absolute atomic E-state index is 0.0124. The molecule has 1 N–H and O–H groups in total. The van der Waals surface area contributed by atoms with Gasteiger partial charge in [0.15, 0.2) is 0 Å². The van der Waals surface area contributed by atoms with Crippen LogP contribution in [0.2, 0.25) is 0 Å². The summed E-state index contributed by atoms with van der Waals surface area (Å²) in [6.07, 6.45) is 2.06. The number of aryl methyl sites for hydroxylation is 2. The zero-order valence-electron chi connectivity index (χ0n) is 9.57. The Labute approximate surface area is 98.5 Å². The molecule has 16 heavy (non-hydrogen) atoms. The minimum atomic E-state index is -0.0124. The van der Waals surface area contributed by atoms with Crippen LogP contribution in [-0.2, 0) is 7.05 Å². The first-order valence-corrected chi connectivity index (χ1v) is 6.25. The van der Waals surface area contributed by atoms with Gasteiger partial charge in [-0.1, -0.05) is 6.07 Å². The van der Waals surface area contributed by atoms with Crippen LogP contribution in [-0.4, -0.2) is 16.0 Å². The van der Waals surface area contributed by atoms with Crippen molar-refractivity contribution < 1.29 is 0 Å². The summed E-state index contributed by atoms with van der Waals surface area (Å²) in [7, 11) is 1.72. The first-order valence-electron chi connectivity index (χ1n) is 5.03. The second kappa shape index (κ2) is 4.22. The van der Waals surface area contributed by atoms with Gasteiger partial charge in [-0.05, 0) is 36.4 Å². The van der Waals surface area contributed by atoms with Gasteiger partial charge in [0.25, 0.3) is 5.56 Å². The largest absolute Gasteiger partial charge is 0.295 e. The molecule has 0 bridgehead atoms. The van der Waals surface area contributed by atoms with Crippen molar-refractivity contribution in [2.75, 3.05) is 6.26 Å². The van der Waals surface area contributed by atoms with E-state index in [2.05, 4.69) is 30.4 Å². The van der Waals surface area contributed by atoms with Gasteiger partial charge in [0.1, 0.15) is 0 Å². The monoisotopic (exact) mass is 234 g/mol. The van der Waals surface area contributed by atoms with Crippen LogP contribution in [0.3, 0.4) is 0 Å². The van der Waals surface area contributed by atoms with E-state index in [1.54, 1.807) is 24.9 Å². The topological polar surface area (TPSA) is 37.8 Å². The summed E-state index contributed by atoms with van der Waals surface area (Å²) in [6.45, 7) is 2.08. The van der Waals surface area contributed by atoms with Crippen LogP contribution in [0, 0.1) is 6.92 Å². The lowest BCUT2D eigenvalue weighted by atomic mass is 10.1. The molecule has 1 aromatic heterocycles. The van der Waals surface area contributed by atoms with Crippen LogP contribution < -0.4 is 5.56 Å². The lowest BCUT2D eigenvalue weighted by molar-refractivity contribution is 0.742. The van der Waals surface area contributed by atoms with Crippen molar-refractivity contribution in [1.29, 1.82) is 0 Å². The van der Waals surface area contributed by atoms with E-state index in [-0.39, 0.29) is 5.56 Å². The molecule has 0 aliphatic carbocycles. The number of hydrogen-bond donors (Lipinski definition) is 1. The number of hydrogen-bond acceptors (Lipinski definition) is 2. The SMILES string of the molecule is CSc1ccc(-c2cc(=O)n(C)[nH]2)cc1C. The molecular formula is C12H14N2OS. The molecule has 0 spiro atoms. The Morgan fingerprint density at radius 2 is 2.06 bits per heavy atom. The highest BCUT2D eigenvalue weighted by Crippen LogP contribution is 2.24. The molecule has 0 aliphatic heterocycles. The van der Waals surface area contributed by atoms with Crippen LogP contribution in [0.4, 0.5) is 0 Å². The summed E-state index contributed by atoms with van der Waals surface area (Å²) < 4.78 is 1.48. The smallest absolute Gasteiger partial charge is 0.266 e. The molecular weight excluding hydrogens is 220 g/mol. The molecule has 0 unspecified atom stereocenters. The molecule has 3 nitrogen and oxygen atoms in total. The standard InChI is InChI=1S/C12H14N2OS/c1-8-6-9(4-5-11(8)16-3)10-7-12(15)14(2)13-10/h4-7,13H,1-3H3. The molecule has 1 aromatic carbocycles. The van der Waals surface area contributed by atoms with E-state index < -0.39 is 0 Å². The maximum atomic E-state index is 11.3. The second-order valence-corrected chi connectivity index (χ2v) is 4.60. The summed E-state index contributed by atoms with van der Waals surface area (Å²) in [5.41, 5.74) is 3.13. The summed E-state index contributed by atoms with van der Waals surface area (Å²) in [5.74, 6) is 0. The highest BCUT2D eigenvalue weighted by Gasteiger charge is 2.04. The number of thioether (sulfide) groups is 1. The first-order chi connectivity index (χ1) is 7.61. The molecule has 0 radical (unpaired) electrons. The van der Waals surface area contributed by atoms with E-state index in [1.807, 2.05) is 6.07 Å². The van der Waals surface area contributed by atoms with Crippen molar-refractivity contribution in [2.45, 2.75) is 11.8 Å². The number of nitrogens with one attached hydrogen (secondary N) is 1. The van der Waals surface area contributed by atoms with Crippen LogP contribution in [0.15, 0.2) is 34.0 Å². The Kier molecular flexibility index (Phi) is 2.92. The summed E-state index contributed by atoms with van der Waals surface area (Å²) in [6, 6.07) is 7.83. The molecule has 2 aromatic rings. The van der Waals surface area contributed by atoms with E-state index in [0.29, 0.717) is 0 Å². The molecule has 84 valence electrons. The minimum Gasteiger partial charge on any atom is -0.295 e. The van der Waals surface area contributed by atoms with Crippen LogP contribution in [0.5, 0.6) is 0 Å². The zero-order chi connectivity index (χ0) is 11.7. The predicted molar refractivity (Wildman–Crippen MR) is 68.0 cm³/mol. The Morgan fingerprint density at radius 1 is 1.31 bits per heavy atom. The van der Waals surface area contributed by atoms with Gasteiger partial charge in [-0.3, -0.25) is 14.6 Å². The third-order valence-electron chi connectivity index (χ3n) is 2.59. The Bertz CT molecular complexity index is 569.